The molecule has 0 bridgehead atoms. The fourth-order valence-electron chi connectivity index (χ4n) is 3.09. The number of benzene rings is 1. The number of aromatic amines is 1. The molecule has 0 saturated heterocycles. The smallest absolute Gasteiger partial charge is 0.139 e. The lowest BCUT2D eigenvalue weighted by Gasteiger charge is -2.04. The van der Waals surface area contributed by atoms with Gasteiger partial charge in [-0.3, -0.25) is 0 Å². The quantitative estimate of drug-likeness (QED) is 0.606. The number of imidazole rings is 2. The van der Waals surface area contributed by atoms with Gasteiger partial charge in [0, 0.05) is 12.7 Å². The van der Waals surface area contributed by atoms with E-state index in [1.54, 1.807) is 0 Å². The Hall–Kier alpha value is -2.66. The van der Waals surface area contributed by atoms with Crippen LogP contribution in [0.4, 0.5) is 0 Å². The molecule has 0 spiro atoms. The summed E-state index contributed by atoms with van der Waals surface area (Å²) in [7, 11) is 0. The Morgan fingerprint density at radius 3 is 2.83 bits per heavy atom. The zero-order valence-electron chi connectivity index (χ0n) is 14.2. The average Bonchev–Trinajstić information content (AvgIpc) is 3.17. The Bertz CT molecular complexity index is 1030. The fraction of sp³-hybridized carbons (Fsp3) is 0.263. The van der Waals surface area contributed by atoms with Crippen molar-refractivity contribution in [2.75, 3.05) is 0 Å². The topological polar surface area (TPSA) is 58.0 Å². The summed E-state index contributed by atoms with van der Waals surface area (Å²) in [5, 5.41) is 3.46. The number of nitrogens with zero attached hydrogens (tertiary/aromatic N) is 3. The highest BCUT2D eigenvalue weighted by Crippen LogP contribution is 2.19. The van der Waals surface area contributed by atoms with Crippen molar-refractivity contribution < 1.29 is 0 Å². The summed E-state index contributed by atoms with van der Waals surface area (Å²) in [6.07, 6.45) is 3.99. The van der Waals surface area contributed by atoms with Crippen LogP contribution >= 0.6 is 0 Å². The molecule has 0 atom stereocenters. The van der Waals surface area contributed by atoms with Crippen molar-refractivity contribution in [1.29, 1.82) is 0 Å². The van der Waals surface area contributed by atoms with Crippen LogP contribution in [0.3, 0.4) is 0 Å². The summed E-state index contributed by atoms with van der Waals surface area (Å²) in [5.74, 6) is 0.962. The van der Waals surface area contributed by atoms with E-state index >= 15 is 0 Å². The molecule has 2 N–H and O–H groups in total. The van der Waals surface area contributed by atoms with Gasteiger partial charge >= 0.3 is 0 Å². The van der Waals surface area contributed by atoms with E-state index in [1.165, 1.54) is 16.7 Å². The molecular weight excluding hydrogens is 298 g/mol. The Labute approximate surface area is 140 Å². The van der Waals surface area contributed by atoms with Crippen molar-refractivity contribution >= 4 is 16.7 Å². The van der Waals surface area contributed by atoms with Crippen molar-refractivity contribution in [3.63, 3.8) is 0 Å². The first-order chi connectivity index (χ1) is 11.6. The van der Waals surface area contributed by atoms with Gasteiger partial charge < -0.3 is 14.7 Å². The van der Waals surface area contributed by atoms with Gasteiger partial charge in [0.05, 0.1) is 29.5 Å². The third-order valence-electron chi connectivity index (χ3n) is 4.63. The van der Waals surface area contributed by atoms with Crippen molar-refractivity contribution in [3.05, 3.63) is 64.9 Å². The molecule has 0 unspecified atom stereocenters. The molecule has 0 radical (unpaired) electrons. The number of H-pyrrole nitrogens is 1. The second-order valence-electron chi connectivity index (χ2n) is 6.33. The Balaban J connectivity index is 1.51. The molecule has 3 heterocycles. The Morgan fingerprint density at radius 1 is 1.08 bits per heavy atom. The molecule has 122 valence electrons. The Kier molecular flexibility index (Phi) is 3.58. The van der Waals surface area contributed by atoms with Gasteiger partial charge in [-0.1, -0.05) is 12.1 Å². The first kappa shape index (κ1) is 14.9. The molecular formula is C19H21N5. The minimum atomic E-state index is 0.701. The van der Waals surface area contributed by atoms with Crippen LogP contribution in [0.15, 0.2) is 36.7 Å². The first-order valence-electron chi connectivity index (χ1n) is 8.20. The second-order valence-corrected chi connectivity index (χ2v) is 6.33. The monoisotopic (exact) mass is 319 g/mol. The predicted molar refractivity (Wildman–Crippen MR) is 96.0 cm³/mol. The maximum Gasteiger partial charge on any atom is 0.139 e. The standard InChI is InChI=1S/C19H21N5/c1-12-6-7-16-18(14(12)3)23-17(22-16)11-20-9-15-10-21-19-13(2)5-4-8-24(15)19/h4-8,10,20H,9,11H2,1-3H3,(H,22,23). The lowest BCUT2D eigenvalue weighted by molar-refractivity contribution is 0.655. The normalized spacial score (nSPS) is 11.6. The molecule has 5 nitrogen and oxygen atoms in total. The highest BCUT2D eigenvalue weighted by molar-refractivity contribution is 5.79. The van der Waals surface area contributed by atoms with E-state index in [2.05, 4.69) is 70.9 Å². The number of hydrogen-bond acceptors (Lipinski definition) is 3. The van der Waals surface area contributed by atoms with E-state index in [-0.39, 0.29) is 0 Å². The fourth-order valence-corrected chi connectivity index (χ4v) is 3.09. The number of aryl methyl sites for hydroxylation is 3. The zero-order valence-corrected chi connectivity index (χ0v) is 14.2. The Morgan fingerprint density at radius 2 is 1.96 bits per heavy atom. The van der Waals surface area contributed by atoms with E-state index in [4.69, 9.17) is 4.98 Å². The van der Waals surface area contributed by atoms with E-state index in [0.717, 1.165) is 34.7 Å². The highest BCUT2D eigenvalue weighted by atomic mass is 15.0. The summed E-state index contributed by atoms with van der Waals surface area (Å²) in [5.41, 5.74) is 8.03. The van der Waals surface area contributed by atoms with Gasteiger partial charge in [-0.2, -0.15) is 0 Å². The minimum Gasteiger partial charge on any atom is -0.341 e. The van der Waals surface area contributed by atoms with Crippen molar-refractivity contribution in [3.8, 4) is 0 Å². The van der Waals surface area contributed by atoms with Crippen LogP contribution in [0, 0.1) is 20.8 Å². The number of fused-ring (bicyclic) bond motifs is 2. The van der Waals surface area contributed by atoms with Gasteiger partial charge in [0.2, 0.25) is 0 Å². The largest absolute Gasteiger partial charge is 0.341 e. The van der Waals surface area contributed by atoms with Gasteiger partial charge in [-0.15, -0.1) is 0 Å². The summed E-state index contributed by atoms with van der Waals surface area (Å²) in [4.78, 5) is 12.6. The van der Waals surface area contributed by atoms with E-state index < -0.39 is 0 Å². The summed E-state index contributed by atoms with van der Waals surface area (Å²) >= 11 is 0. The summed E-state index contributed by atoms with van der Waals surface area (Å²) in [6, 6.07) is 8.37. The summed E-state index contributed by atoms with van der Waals surface area (Å²) in [6.45, 7) is 7.77. The maximum absolute atomic E-state index is 4.73. The van der Waals surface area contributed by atoms with E-state index in [9.17, 15) is 0 Å². The van der Waals surface area contributed by atoms with Gasteiger partial charge in [0.1, 0.15) is 11.5 Å². The predicted octanol–water partition coefficient (Wildman–Crippen LogP) is 3.43. The lowest BCUT2D eigenvalue weighted by Crippen LogP contribution is -2.15. The van der Waals surface area contributed by atoms with Gasteiger partial charge in [-0.05, 0) is 49.6 Å². The van der Waals surface area contributed by atoms with Crippen molar-refractivity contribution in [2.24, 2.45) is 0 Å². The molecule has 0 saturated carbocycles. The molecule has 0 aliphatic rings. The molecule has 24 heavy (non-hydrogen) atoms. The highest BCUT2D eigenvalue weighted by Gasteiger charge is 2.08. The van der Waals surface area contributed by atoms with Crippen LogP contribution in [0.5, 0.6) is 0 Å². The van der Waals surface area contributed by atoms with Crippen molar-refractivity contribution in [2.45, 2.75) is 33.9 Å². The minimum absolute atomic E-state index is 0.701. The first-order valence-corrected chi connectivity index (χ1v) is 8.20. The molecule has 0 amide bonds. The lowest BCUT2D eigenvalue weighted by atomic mass is 10.1. The zero-order chi connectivity index (χ0) is 16.7. The van der Waals surface area contributed by atoms with Gasteiger partial charge in [0.15, 0.2) is 0 Å². The van der Waals surface area contributed by atoms with Crippen LogP contribution in [-0.2, 0) is 13.1 Å². The van der Waals surface area contributed by atoms with Crippen LogP contribution in [0.25, 0.3) is 16.7 Å². The van der Waals surface area contributed by atoms with Crippen molar-refractivity contribution in [1.82, 2.24) is 24.7 Å². The molecule has 5 heteroatoms. The molecule has 4 rings (SSSR count). The second kappa shape index (κ2) is 5.76. The number of hydrogen-bond donors (Lipinski definition) is 2. The third-order valence-corrected chi connectivity index (χ3v) is 4.63. The number of nitrogens with one attached hydrogen (secondary N) is 2. The van der Waals surface area contributed by atoms with E-state index in [1.807, 2.05) is 6.20 Å². The van der Waals surface area contributed by atoms with Crippen LogP contribution in [0.1, 0.15) is 28.2 Å². The molecule has 0 aliphatic carbocycles. The van der Waals surface area contributed by atoms with Crippen LogP contribution < -0.4 is 5.32 Å². The number of pyridine rings is 1. The maximum atomic E-state index is 4.73. The third kappa shape index (κ3) is 2.47. The van der Waals surface area contributed by atoms with Gasteiger partial charge in [0.25, 0.3) is 0 Å². The number of rotatable bonds is 4. The molecule has 4 aromatic rings. The number of aromatic nitrogens is 4. The SMILES string of the molecule is Cc1ccc2[nH]c(CNCc3cnc4c(C)cccn34)nc2c1C. The molecule has 0 aliphatic heterocycles. The van der Waals surface area contributed by atoms with Crippen LogP contribution in [0.2, 0.25) is 0 Å². The van der Waals surface area contributed by atoms with E-state index in [0.29, 0.717) is 6.54 Å². The molecule has 3 aromatic heterocycles. The molecule has 1 aromatic carbocycles. The average molecular weight is 319 g/mol. The molecule has 0 fully saturated rings. The van der Waals surface area contributed by atoms with Crippen LogP contribution in [-0.4, -0.2) is 19.4 Å². The van der Waals surface area contributed by atoms with Gasteiger partial charge in [-0.25, -0.2) is 9.97 Å². The summed E-state index contributed by atoms with van der Waals surface area (Å²) < 4.78 is 2.13.